The number of hydrogen-bond acceptors (Lipinski definition) is 3. The van der Waals surface area contributed by atoms with Crippen LogP contribution in [0.1, 0.15) is 46.5 Å². The van der Waals surface area contributed by atoms with Crippen LogP contribution in [-0.2, 0) is 0 Å². The van der Waals surface area contributed by atoms with Crippen LogP contribution in [0.15, 0.2) is 0 Å². The molecule has 1 atom stereocenters. The molecule has 3 nitrogen and oxygen atoms in total. The highest BCUT2D eigenvalue weighted by Crippen LogP contribution is 2.40. The van der Waals surface area contributed by atoms with E-state index in [2.05, 4.69) is 31.0 Å². The molecular weight excluding hydrogens is 224 g/mol. The third kappa shape index (κ3) is 3.46. The van der Waals surface area contributed by atoms with E-state index < -0.39 is 0 Å². The van der Waals surface area contributed by atoms with Gasteiger partial charge in [0.05, 0.1) is 12.1 Å². The molecule has 2 N–H and O–H groups in total. The van der Waals surface area contributed by atoms with Gasteiger partial charge in [-0.2, -0.15) is 0 Å². The molecule has 1 aliphatic carbocycles. The second-order valence-corrected chi connectivity index (χ2v) is 6.85. The van der Waals surface area contributed by atoms with Crippen LogP contribution in [0.25, 0.3) is 0 Å². The van der Waals surface area contributed by atoms with Crippen molar-refractivity contribution in [1.82, 2.24) is 10.2 Å². The second kappa shape index (κ2) is 5.89. The topological polar surface area (TPSA) is 35.5 Å². The quantitative estimate of drug-likeness (QED) is 0.759. The maximum atomic E-state index is 9.93. The zero-order valence-corrected chi connectivity index (χ0v) is 12.3. The molecule has 0 bridgehead atoms. The Kier molecular flexibility index (Phi) is 4.68. The van der Waals surface area contributed by atoms with Crippen molar-refractivity contribution in [3.63, 3.8) is 0 Å². The van der Waals surface area contributed by atoms with Crippen molar-refractivity contribution in [1.29, 1.82) is 0 Å². The lowest BCUT2D eigenvalue weighted by Crippen LogP contribution is -2.60. The summed E-state index contributed by atoms with van der Waals surface area (Å²) in [7, 11) is 0. The average Bonchev–Trinajstić information content (AvgIpc) is 3.15. The van der Waals surface area contributed by atoms with Crippen LogP contribution in [0.5, 0.6) is 0 Å². The Hall–Kier alpha value is -0.120. The molecule has 1 aliphatic heterocycles. The van der Waals surface area contributed by atoms with E-state index in [1.807, 2.05) is 0 Å². The van der Waals surface area contributed by atoms with E-state index in [1.165, 1.54) is 38.8 Å². The van der Waals surface area contributed by atoms with Crippen LogP contribution in [0.3, 0.4) is 0 Å². The maximum absolute atomic E-state index is 9.93. The SMILES string of the molecule is CC1CCN(CC(CO)(NC(C)C)C2CC2)CC1. The number of hydrogen-bond donors (Lipinski definition) is 2. The van der Waals surface area contributed by atoms with E-state index in [0.717, 1.165) is 12.5 Å². The third-order valence-electron chi connectivity index (χ3n) is 4.60. The van der Waals surface area contributed by atoms with Crippen molar-refractivity contribution in [2.45, 2.75) is 58.0 Å². The fourth-order valence-corrected chi connectivity index (χ4v) is 3.35. The fourth-order valence-electron chi connectivity index (χ4n) is 3.35. The predicted molar refractivity (Wildman–Crippen MR) is 75.7 cm³/mol. The van der Waals surface area contributed by atoms with Gasteiger partial charge in [0.15, 0.2) is 0 Å². The fraction of sp³-hybridized carbons (Fsp3) is 1.00. The molecule has 106 valence electrons. The number of nitrogens with one attached hydrogen (secondary N) is 1. The minimum Gasteiger partial charge on any atom is -0.394 e. The molecule has 0 amide bonds. The van der Waals surface area contributed by atoms with Gasteiger partial charge in [-0.3, -0.25) is 0 Å². The Morgan fingerprint density at radius 2 is 1.83 bits per heavy atom. The van der Waals surface area contributed by atoms with Gasteiger partial charge in [-0.25, -0.2) is 0 Å². The highest BCUT2D eigenvalue weighted by molar-refractivity contribution is 5.03. The zero-order chi connectivity index (χ0) is 13.2. The van der Waals surface area contributed by atoms with Gasteiger partial charge in [0, 0.05) is 12.6 Å². The zero-order valence-electron chi connectivity index (χ0n) is 12.3. The molecule has 2 rings (SSSR count). The summed E-state index contributed by atoms with van der Waals surface area (Å²) >= 11 is 0. The molecule has 0 radical (unpaired) electrons. The minimum atomic E-state index is -0.0469. The first-order chi connectivity index (χ1) is 8.55. The Labute approximate surface area is 112 Å². The van der Waals surface area contributed by atoms with Crippen LogP contribution in [0.2, 0.25) is 0 Å². The maximum Gasteiger partial charge on any atom is 0.0628 e. The summed E-state index contributed by atoms with van der Waals surface area (Å²) in [6.45, 7) is 10.4. The van der Waals surface area contributed by atoms with Crippen LogP contribution in [0.4, 0.5) is 0 Å². The third-order valence-corrected chi connectivity index (χ3v) is 4.60. The molecule has 1 saturated carbocycles. The first-order valence-electron chi connectivity index (χ1n) is 7.66. The van der Waals surface area contributed by atoms with E-state index in [1.54, 1.807) is 0 Å². The van der Waals surface area contributed by atoms with Crippen LogP contribution in [0, 0.1) is 11.8 Å². The highest BCUT2D eigenvalue weighted by atomic mass is 16.3. The number of rotatable bonds is 6. The van der Waals surface area contributed by atoms with Crippen LogP contribution in [-0.4, -0.2) is 47.8 Å². The van der Waals surface area contributed by atoms with E-state index in [-0.39, 0.29) is 12.1 Å². The normalized spacial score (nSPS) is 26.5. The predicted octanol–water partition coefficient (Wildman–Crippen LogP) is 1.86. The summed E-state index contributed by atoms with van der Waals surface area (Å²) < 4.78 is 0. The molecule has 3 heteroatoms. The summed E-state index contributed by atoms with van der Waals surface area (Å²) in [6, 6.07) is 0.446. The molecule has 1 unspecified atom stereocenters. The molecular formula is C15H30N2O. The van der Waals surface area contributed by atoms with Crippen molar-refractivity contribution in [2.24, 2.45) is 11.8 Å². The first kappa shape index (κ1) is 14.3. The molecule has 0 aromatic carbocycles. The number of aliphatic hydroxyl groups excluding tert-OH is 1. The Balaban J connectivity index is 1.96. The molecule has 2 aliphatic rings. The molecule has 1 saturated heterocycles. The Bertz CT molecular complexity index is 257. The van der Waals surface area contributed by atoms with Crippen molar-refractivity contribution >= 4 is 0 Å². The lowest BCUT2D eigenvalue weighted by Gasteiger charge is -2.42. The van der Waals surface area contributed by atoms with Crippen molar-refractivity contribution in [3.05, 3.63) is 0 Å². The smallest absolute Gasteiger partial charge is 0.0628 e. The van der Waals surface area contributed by atoms with E-state index >= 15 is 0 Å². The van der Waals surface area contributed by atoms with Gasteiger partial charge in [-0.1, -0.05) is 20.8 Å². The first-order valence-corrected chi connectivity index (χ1v) is 7.66. The van der Waals surface area contributed by atoms with E-state index in [9.17, 15) is 5.11 Å². The van der Waals surface area contributed by atoms with Crippen molar-refractivity contribution < 1.29 is 5.11 Å². The summed E-state index contributed by atoms with van der Waals surface area (Å²) in [5, 5.41) is 13.6. The lowest BCUT2D eigenvalue weighted by molar-refractivity contribution is 0.0685. The van der Waals surface area contributed by atoms with Gasteiger partial charge >= 0.3 is 0 Å². The highest BCUT2D eigenvalue weighted by Gasteiger charge is 2.46. The number of aliphatic hydroxyl groups is 1. The van der Waals surface area contributed by atoms with Crippen LogP contribution >= 0.6 is 0 Å². The lowest BCUT2D eigenvalue weighted by atomic mass is 9.90. The van der Waals surface area contributed by atoms with E-state index in [0.29, 0.717) is 12.0 Å². The summed E-state index contributed by atoms with van der Waals surface area (Å²) in [4.78, 5) is 2.56. The molecule has 0 aromatic rings. The molecule has 1 heterocycles. The van der Waals surface area contributed by atoms with Gasteiger partial charge in [0.25, 0.3) is 0 Å². The standard InChI is InChI=1S/C15H30N2O/c1-12(2)16-15(11-18,14-4-5-14)10-17-8-6-13(3)7-9-17/h12-14,16,18H,4-11H2,1-3H3. The van der Waals surface area contributed by atoms with Crippen LogP contribution < -0.4 is 5.32 Å². The minimum absolute atomic E-state index is 0.0469. The molecule has 0 aromatic heterocycles. The Morgan fingerprint density at radius 3 is 2.28 bits per heavy atom. The number of nitrogens with zero attached hydrogens (tertiary/aromatic N) is 1. The van der Waals surface area contributed by atoms with Gasteiger partial charge in [0.1, 0.15) is 0 Å². The number of piperidine rings is 1. The molecule has 18 heavy (non-hydrogen) atoms. The summed E-state index contributed by atoms with van der Waals surface area (Å²) in [6.07, 6.45) is 5.19. The summed E-state index contributed by atoms with van der Waals surface area (Å²) in [5.41, 5.74) is -0.0469. The number of likely N-dealkylation sites (tertiary alicyclic amines) is 1. The molecule has 2 fully saturated rings. The van der Waals surface area contributed by atoms with Gasteiger partial charge in [-0.05, 0) is 50.6 Å². The van der Waals surface area contributed by atoms with Gasteiger partial charge in [-0.15, -0.1) is 0 Å². The Morgan fingerprint density at radius 1 is 1.22 bits per heavy atom. The van der Waals surface area contributed by atoms with Crippen molar-refractivity contribution in [3.8, 4) is 0 Å². The largest absolute Gasteiger partial charge is 0.394 e. The van der Waals surface area contributed by atoms with Gasteiger partial charge in [0.2, 0.25) is 0 Å². The second-order valence-electron chi connectivity index (χ2n) is 6.85. The summed E-state index contributed by atoms with van der Waals surface area (Å²) in [5.74, 6) is 1.56. The monoisotopic (exact) mass is 254 g/mol. The van der Waals surface area contributed by atoms with Gasteiger partial charge < -0.3 is 15.3 Å². The average molecular weight is 254 g/mol. The van der Waals surface area contributed by atoms with Crippen molar-refractivity contribution in [2.75, 3.05) is 26.2 Å². The van der Waals surface area contributed by atoms with E-state index in [4.69, 9.17) is 0 Å². The molecule has 0 spiro atoms.